The third kappa shape index (κ3) is 8.46. The van der Waals surface area contributed by atoms with Crippen molar-refractivity contribution < 1.29 is 38.1 Å². The van der Waals surface area contributed by atoms with Gasteiger partial charge in [-0.15, -0.1) is 0 Å². The second kappa shape index (κ2) is 16.2. The molecule has 0 aliphatic carbocycles. The number of benzene rings is 2. The first kappa shape index (κ1) is 43.0. The number of aryl methyl sites for hydroxylation is 3. The summed E-state index contributed by atoms with van der Waals surface area (Å²) in [5.74, 6) is -2.87. The molecule has 4 heterocycles. The molecule has 6 rings (SSSR count). The Hall–Kier alpha value is -4.55. The third-order valence-corrected chi connectivity index (χ3v) is 11.5. The van der Waals surface area contributed by atoms with Crippen LogP contribution in [0, 0.1) is 0 Å². The van der Waals surface area contributed by atoms with Crippen molar-refractivity contribution >= 4 is 46.3 Å². The molecule has 2 aromatic carbocycles. The summed E-state index contributed by atoms with van der Waals surface area (Å²) in [5, 5.41) is 0.657. The maximum Gasteiger partial charge on any atom is 0.321 e. The van der Waals surface area contributed by atoms with Crippen LogP contribution in [0.2, 0.25) is 10.0 Å². The van der Waals surface area contributed by atoms with E-state index >= 15 is 0 Å². The van der Waals surface area contributed by atoms with E-state index in [-0.39, 0.29) is 46.5 Å². The fourth-order valence-corrected chi connectivity index (χ4v) is 8.60. The molecule has 306 valence electrons. The van der Waals surface area contributed by atoms with Gasteiger partial charge < -0.3 is 18.9 Å². The molecule has 13 heteroatoms. The van der Waals surface area contributed by atoms with Crippen molar-refractivity contribution in [3.8, 4) is 23.4 Å². The molecule has 2 aliphatic heterocycles. The van der Waals surface area contributed by atoms with E-state index in [4.69, 9.17) is 42.1 Å². The third-order valence-electron chi connectivity index (χ3n) is 10.9. The van der Waals surface area contributed by atoms with Crippen molar-refractivity contribution in [3.05, 3.63) is 98.9 Å². The smallest absolute Gasteiger partial charge is 0.321 e. The minimum absolute atomic E-state index is 0.110. The highest BCUT2D eigenvalue weighted by molar-refractivity contribution is 6.35. The largest absolute Gasteiger partial charge is 0.438 e. The highest BCUT2D eigenvalue weighted by Gasteiger charge is 2.56. The number of Topliss-reactive ketones (excluding diaryl/α,β-unsaturated/α-hetero) is 4. The van der Waals surface area contributed by atoms with Crippen LogP contribution in [0.3, 0.4) is 0 Å². The molecule has 2 saturated heterocycles. The molecule has 0 amide bonds. The van der Waals surface area contributed by atoms with Gasteiger partial charge in [0.15, 0.2) is 23.1 Å². The fourth-order valence-electron chi connectivity index (χ4n) is 8.06. The first-order valence-electron chi connectivity index (χ1n) is 19.5. The normalized spacial score (nSPS) is 21.6. The van der Waals surface area contributed by atoms with Gasteiger partial charge in [0.1, 0.15) is 50.8 Å². The molecule has 2 aromatic heterocycles. The van der Waals surface area contributed by atoms with Crippen LogP contribution in [-0.2, 0) is 47.9 Å². The van der Waals surface area contributed by atoms with Crippen LogP contribution in [0.25, 0.3) is 0 Å². The summed E-state index contributed by atoms with van der Waals surface area (Å²) in [6, 6.07) is 13.9. The standard InChI is InChI=1S/C45H49Cl2N3O8/c1-10-25-15-17-27(55-40-32(47)24-31(46)33(11-2)50-40)22-29(25)35-38(53)44(7,8)58-45(9,39(35)54)19-12-14-26-16-18-28(56-41-48-20-13-21-49-41)23-30(26)34-36(51)42(3,4)57-43(5,6)37(34)52/h13,15-18,20-24,34-35H,10-12,14,19H2,1-9H3. The molecule has 2 atom stereocenters. The lowest BCUT2D eigenvalue weighted by Gasteiger charge is -2.45. The molecule has 2 unspecified atom stereocenters. The molecule has 4 aromatic rings. The van der Waals surface area contributed by atoms with Gasteiger partial charge in [-0.3, -0.25) is 19.2 Å². The van der Waals surface area contributed by atoms with Gasteiger partial charge in [0, 0.05) is 12.4 Å². The maximum absolute atomic E-state index is 14.7. The summed E-state index contributed by atoms with van der Waals surface area (Å²) in [6.45, 7) is 15.6. The molecule has 0 radical (unpaired) electrons. The van der Waals surface area contributed by atoms with Crippen LogP contribution >= 0.6 is 23.2 Å². The lowest BCUT2D eigenvalue weighted by molar-refractivity contribution is -0.189. The first-order chi connectivity index (χ1) is 27.2. The molecular formula is C45H49Cl2N3O8. The van der Waals surface area contributed by atoms with Gasteiger partial charge in [-0.25, -0.2) is 15.0 Å². The Morgan fingerprint density at radius 2 is 1.19 bits per heavy atom. The predicted molar refractivity (Wildman–Crippen MR) is 219 cm³/mol. The van der Waals surface area contributed by atoms with Gasteiger partial charge in [0.2, 0.25) is 5.88 Å². The van der Waals surface area contributed by atoms with Crippen molar-refractivity contribution in [1.29, 1.82) is 0 Å². The Bertz CT molecular complexity index is 2250. The number of aromatic nitrogens is 3. The Morgan fingerprint density at radius 3 is 1.78 bits per heavy atom. The molecule has 11 nitrogen and oxygen atoms in total. The topological polar surface area (TPSA) is 144 Å². The Kier molecular flexibility index (Phi) is 12.1. The van der Waals surface area contributed by atoms with Crippen molar-refractivity contribution in [3.63, 3.8) is 0 Å². The quantitative estimate of drug-likeness (QED) is 0.126. The van der Waals surface area contributed by atoms with Gasteiger partial charge in [-0.1, -0.05) is 49.2 Å². The van der Waals surface area contributed by atoms with Crippen LogP contribution in [0.15, 0.2) is 60.9 Å². The van der Waals surface area contributed by atoms with Crippen molar-refractivity contribution in [1.82, 2.24) is 15.0 Å². The minimum atomic E-state index is -1.37. The van der Waals surface area contributed by atoms with Crippen LogP contribution < -0.4 is 9.47 Å². The lowest BCUT2D eigenvalue weighted by atomic mass is 9.71. The van der Waals surface area contributed by atoms with Gasteiger partial charge in [-0.2, -0.15) is 0 Å². The number of nitrogens with zero attached hydrogens (tertiary/aromatic N) is 3. The number of halogens is 2. The van der Waals surface area contributed by atoms with Crippen molar-refractivity contribution in [2.45, 2.75) is 129 Å². The van der Waals surface area contributed by atoms with Crippen LogP contribution in [-0.4, -0.2) is 60.5 Å². The van der Waals surface area contributed by atoms with Crippen molar-refractivity contribution in [2.75, 3.05) is 0 Å². The molecule has 0 spiro atoms. The van der Waals surface area contributed by atoms with Crippen molar-refractivity contribution in [2.24, 2.45) is 0 Å². The number of pyridine rings is 1. The molecule has 0 bridgehead atoms. The summed E-state index contributed by atoms with van der Waals surface area (Å²) in [5.41, 5.74) is -2.00. The highest BCUT2D eigenvalue weighted by Crippen LogP contribution is 2.45. The second-order valence-electron chi connectivity index (χ2n) is 16.5. The molecule has 58 heavy (non-hydrogen) atoms. The zero-order valence-electron chi connectivity index (χ0n) is 34.3. The summed E-state index contributed by atoms with van der Waals surface area (Å²) < 4.78 is 24.5. The van der Waals surface area contributed by atoms with Crippen LogP contribution in [0.5, 0.6) is 23.4 Å². The molecule has 0 saturated carbocycles. The Balaban J connectivity index is 1.31. The van der Waals surface area contributed by atoms with Crippen LogP contribution in [0.1, 0.15) is 115 Å². The van der Waals surface area contributed by atoms with E-state index in [9.17, 15) is 19.2 Å². The number of hydrogen-bond acceptors (Lipinski definition) is 11. The van der Waals surface area contributed by atoms with E-state index in [2.05, 4.69) is 15.0 Å². The summed E-state index contributed by atoms with van der Waals surface area (Å²) >= 11 is 12.8. The molecule has 0 N–H and O–H groups in total. The Labute approximate surface area is 349 Å². The molecular weight excluding hydrogens is 781 g/mol. The van der Waals surface area contributed by atoms with E-state index in [0.29, 0.717) is 59.0 Å². The van der Waals surface area contributed by atoms with E-state index in [1.165, 1.54) is 0 Å². The zero-order chi connectivity index (χ0) is 42.4. The van der Waals surface area contributed by atoms with E-state index in [1.54, 1.807) is 97.3 Å². The summed E-state index contributed by atoms with van der Waals surface area (Å²) in [4.78, 5) is 69.6. The minimum Gasteiger partial charge on any atom is -0.438 e. The van der Waals surface area contributed by atoms with Gasteiger partial charge in [0.05, 0.1) is 10.7 Å². The number of hydrogen-bond donors (Lipinski definition) is 0. The zero-order valence-corrected chi connectivity index (χ0v) is 35.8. The lowest BCUT2D eigenvalue weighted by Crippen LogP contribution is -2.59. The van der Waals surface area contributed by atoms with E-state index in [0.717, 1.165) is 11.1 Å². The second-order valence-corrected chi connectivity index (χ2v) is 17.3. The van der Waals surface area contributed by atoms with E-state index < -0.39 is 34.2 Å². The number of ketones is 4. The number of carbonyl (C=O) groups is 4. The summed E-state index contributed by atoms with van der Waals surface area (Å²) in [7, 11) is 0. The van der Waals surface area contributed by atoms with Gasteiger partial charge >= 0.3 is 6.01 Å². The molecule has 2 aliphatic rings. The van der Waals surface area contributed by atoms with E-state index in [1.807, 2.05) is 26.0 Å². The first-order valence-corrected chi connectivity index (χ1v) is 20.3. The average Bonchev–Trinajstić information content (AvgIpc) is 3.15. The SMILES string of the molecule is CCc1ccc(Oc2nc(CC)c(Cl)cc2Cl)cc1C1C(=O)C(C)(C)OC(C)(CCCc2ccc(Oc3ncccn3)cc2C2C(=O)C(C)(C)OC(C)(C)C2=O)C1=O. The maximum atomic E-state index is 14.7. The van der Waals surface area contributed by atoms with Gasteiger partial charge in [-0.05, 0) is 139 Å². The summed E-state index contributed by atoms with van der Waals surface area (Å²) in [6.07, 6.45) is 5.25. The number of carbonyl (C=O) groups excluding carboxylic acids is 4. The average molecular weight is 831 g/mol. The predicted octanol–water partition coefficient (Wildman–Crippen LogP) is 9.51. The fraction of sp³-hybridized carbons (Fsp3) is 0.444. The van der Waals surface area contributed by atoms with Gasteiger partial charge in [0.25, 0.3) is 0 Å². The van der Waals surface area contributed by atoms with Crippen LogP contribution in [0.4, 0.5) is 0 Å². The molecule has 2 fully saturated rings. The number of ether oxygens (including phenoxy) is 4. The highest BCUT2D eigenvalue weighted by atomic mass is 35.5. The number of rotatable bonds is 12. The monoisotopic (exact) mass is 829 g/mol. The Morgan fingerprint density at radius 1 is 0.655 bits per heavy atom.